The Bertz CT molecular complexity index is 1160. The van der Waals surface area contributed by atoms with Crippen molar-refractivity contribution in [3.8, 4) is 0 Å². The van der Waals surface area contributed by atoms with Gasteiger partial charge in [-0.2, -0.15) is 13.2 Å². The Morgan fingerprint density at radius 2 is 1.61 bits per heavy atom. The lowest BCUT2D eigenvalue weighted by Crippen LogP contribution is -2.55. The maximum Gasteiger partial charge on any atom is 0.416 e. The summed E-state index contributed by atoms with van der Waals surface area (Å²) < 4.78 is 65.3. The first-order valence-electron chi connectivity index (χ1n) is 11.3. The molecule has 0 aromatic heterocycles. The molecule has 0 unspecified atom stereocenters. The van der Waals surface area contributed by atoms with Crippen LogP contribution in [0.5, 0.6) is 0 Å². The van der Waals surface area contributed by atoms with Gasteiger partial charge in [0.1, 0.15) is 12.6 Å². The molecule has 0 heterocycles. The normalized spacial score (nSPS) is 13.1. The summed E-state index contributed by atoms with van der Waals surface area (Å²) >= 11 is 0. The van der Waals surface area contributed by atoms with Crippen LogP contribution in [0.1, 0.15) is 38.8 Å². The summed E-state index contributed by atoms with van der Waals surface area (Å²) in [5, 5.41) is 2.80. The van der Waals surface area contributed by atoms with Crippen LogP contribution in [0.25, 0.3) is 0 Å². The van der Waals surface area contributed by atoms with Gasteiger partial charge >= 0.3 is 6.18 Å². The number of hydrogen-bond acceptors (Lipinski definition) is 4. The SMILES string of the molecule is C[C@H](C(=O)NC(C)(C)C)N(CCc1ccccc1)C(=O)CN(c1cccc(C(F)(F)F)c1)S(C)(=O)=O. The molecule has 0 spiro atoms. The van der Waals surface area contributed by atoms with Crippen LogP contribution in [0.2, 0.25) is 0 Å². The molecule has 2 aromatic rings. The first kappa shape index (κ1) is 29.2. The zero-order chi connectivity index (χ0) is 27.3. The number of alkyl halides is 3. The van der Waals surface area contributed by atoms with E-state index in [0.717, 1.165) is 24.0 Å². The summed E-state index contributed by atoms with van der Waals surface area (Å²) in [5.74, 6) is -1.15. The first-order chi connectivity index (χ1) is 16.5. The highest BCUT2D eigenvalue weighted by atomic mass is 32.2. The van der Waals surface area contributed by atoms with Crippen molar-refractivity contribution < 1.29 is 31.2 Å². The zero-order valence-corrected chi connectivity index (χ0v) is 21.8. The minimum atomic E-state index is -4.69. The van der Waals surface area contributed by atoms with Crippen molar-refractivity contribution in [3.05, 3.63) is 65.7 Å². The third-order valence-electron chi connectivity index (χ3n) is 5.29. The number of nitrogens with one attached hydrogen (secondary N) is 1. The van der Waals surface area contributed by atoms with Gasteiger partial charge in [-0.25, -0.2) is 8.42 Å². The number of benzene rings is 2. The number of hydrogen-bond donors (Lipinski definition) is 1. The number of carbonyl (C=O) groups excluding carboxylic acids is 2. The topological polar surface area (TPSA) is 86.8 Å². The van der Waals surface area contributed by atoms with E-state index in [4.69, 9.17) is 0 Å². The van der Waals surface area contributed by atoms with Crippen LogP contribution in [0, 0.1) is 0 Å². The summed E-state index contributed by atoms with van der Waals surface area (Å²) in [7, 11) is -4.13. The van der Waals surface area contributed by atoms with E-state index in [-0.39, 0.29) is 12.2 Å². The quantitative estimate of drug-likeness (QED) is 0.537. The van der Waals surface area contributed by atoms with E-state index < -0.39 is 51.7 Å². The Hall–Kier alpha value is -3.08. The van der Waals surface area contributed by atoms with E-state index in [1.54, 1.807) is 20.8 Å². The molecule has 2 amide bonds. The maximum absolute atomic E-state index is 13.4. The molecule has 0 saturated heterocycles. The van der Waals surface area contributed by atoms with Crippen molar-refractivity contribution in [1.29, 1.82) is 0 Å². The minimum absolute atomic E-state index is 0.0990. The molecule has 1 atom stereocenters. The van der Waals surface area contributed by atoms with E-state index in [1.807, 2.05) is 30.3 Å². The predicted molar refractivity (Wildman–Crippen MR) is 133 cm³/mol. The number of halogens is 3. The third kappa shape index (κ3) is 8.54. The van der Waals surface area contributed by atoms with Gasteiger partial charge in [-0.15, -0.1) is 0 Å². The van der Waals surface area contributed by atoms with Crippen LogP contribution in [-0.4, -0.2) is 56.1 Å². The monoisotopic (exact) mass is 527 g/mol. The molecule has 0 fully saturated rings. The van der Waals surface area contributed by atoms with E-state index in [0.29, 0.717) is 16.8 Å². The van der Waals surface area contributed by atoms with E-state index in [1.165, 1.54) is 17.9 Å². The van der Waals surface area contributed by atoms with Crippen LogP contribution >= 0.6 is 0 Å². The van der Waals surface area contributed by atoms with Gasteiger partial charge in [-0.3, -0.25) is 13.9 Å². The van der Waals surface area contributed by atoms with Gasteiger partial charge in [0.25, 0.3) is 0 Å². The van der Waals surface area contributed by atoms with Crippen molar-refractivity contribution in [3.63, 3.8) is 0 Å². The van der Waals surface area contributed by atoms with Crippen molar-refractivity contribution in [1.82, 2.24) is 10.2 Å². The molecule has 0 bridgehead atoms. The molecule has 11 heteroatoms. The second-order valence-corrected chi connectivity index (χ2v) is 11.5. The minimum Gasteiger partial charge on any atom is -0.350 e. The molecule has 36 heavy (non-hydrogen) atoms. The molecule has 198 valence electrons. The van der Waals surface area contributed by atoms with Crippen LogP contribution in [0.15, 0.2) is 54.6 Å². The van der Waals surface area contributed by atoms with Crippen molar-refractivity contribution >= 4 is 27.5 Å². The first-order valence-corrected chi connectivity index (χ1v) is 13.1. The van der Waals surface area contributed by atoms with Gasteiger partial charge in [-0.05, 0) is 57.9 Å². The van der Waals surface area contributed by atoms with E-state index in [2.05, 4.69) is 5.32 Å². The second kappa shape index (κ2) is 11.3. The number of sulfonamides is 1. The molecule has 0 aliphatic rings. The number of anilines is 1. The van der Waals surface area contributed by atoms with Crippen LogP contribution in [-0.2, 0) is 32.2 Å². The van der Waals surface area contributed by atoms with Crippen molar-refractivity contribution in [2.24, 2.45) is 0 Å². The highest BCUT2D eigenvalue weighted by Gasteiger charge is 2.34. The lowest BCUT2D eigenvalue weighted by molar-refractivity contribution is -0.139. The summed E-state index contributed by atoms with van der Waals surface area (Å²) in [6.45, 7) is 6.22. The van der Waals surface area contributed by atoms with Gasteiger partial charge in [0.15, 0.2) is 0 Å². The van der Waals surface area contributed by atoms with Crippen LogP contribution in [0.4, 0.5) is 18.9 Å². The van der Waals surface area contributed by atoms with Crippen LogP contribution < -0.4 is 9.62 Å². The Balaban J connectivity index is 2.39. The molecule has 2 rings (SSSR count). The van der Waals surface area contributed by atoms with E-state index in [9.17, 15) is 31.2 Å². The summed E-state index contributed by atoms with van der Waals surface area (Å²) in [4.78, 5) is 27.5. The summed E-state index contributed by atoms with van der Waals surface area (Å²) in [5.41, 5.74) is -1.01. The fourth-order valence-corrected chi connectivity index (χ4v) is 4.34. The fourth-order valence-electron chi connectivity index (χ4n) is 3.50. The number of amides is 2. The number of carbonyl (C=O) groups is 2. The van der Waals surface area contributed by atoms with Gasteiger partial charge in [-0.1, -0.05) is 36.4 Å². The lowest BCUT2D eigenvalue weighted by atomic mass is 10.1. The van der Waals surface area contributed by atoms with Crippen molar-refractivity contribution in [2.45, 2.75) is 51.9 Å². The average Bonchev–Trinajstić information content (AvgIpc) is 2.75. The summed E-state index contributed by atoms with van der Waals surface area (Å²) in [6.07, 6.45) is -3.49. The van der Waals surface area contributed by atoms with Gasteiger partial charge < -0.3 is 10.2 Å². The predicted octanol–water partition coefficient (Wildman–Crippen LogP) is 3.85. The number of nitrogens with zero attached hydrogens (tertiary/aromatic N) is 2. The largest absolute Gasteiger partial charge is 0.416 e. The highest BCUT2D eigenvalue weighted by molar-refractivity contribution is 7.92. The molecule has 0 radical (unpaired) electrons. The van der Waals surface area contributed by atoms with E-state index >= 15 is 0 Å². The average molecular weight is 528 g/mol. The zero-order valence-electron chi connectivity index (χ0n) is 21.0. The Morgan fingerprint density at radius 1 is 1.00 bits per heavy atom. The molecule has 1 N–H and O–H groups in total. The van der Waals surface area contributed by atoms with Gasteiger partial charge in [0.05, 0.1) is 17.5 Å². The van der Waals surface area contributed by atoms with Gasteiger partial charge in [0.2, 0.25) is 21.8 Å². The second-order valence-electron chi connectivity index (χ2n) is 9.56. The van der Waals surface area contributed by atoms with Gasteiger partial charge in [0, 0.05) is 12.1 Å². The summed E-state index contributed by atoms with van der Waals surface area (Å²) in [6, 6.07) is 12.0. The lowest BCUT2D eigenvalue weighted by Gasteiger charge is -2.33. The highest BCUT2D eigenvalue weighted by Crippen LogP contribution is 2.32. The fraction of sp³-hybridized carbons (Fsp3) is 0.440. The molecule has 0 saturated carbocycles. The maximum atomic E-state index is 13.4. The molecule has 2 aromatic carbocycles. The molecule has 0 aliphatic carbocycles. The van der Waals surface area contributed by atoms with Crippen LogP contribution in [0.3, 0.4) is 0 Å². The smallest absolute Gasteiger partial charge is 0.350 e. The molecule has 0 aliphatic heterocycles. The standard InChI is InChI=1S/C25H32F3N3O4S/c1-18(23(33)29-24(2,3)4)30(15-14-19-10-7-6-8-11-19)22(32)17-31(36(5,34)35)21-13-9-12-20(16-21)25(26,27)28/h6-13,16,18H,14-15,17H2,1-5H3,(H,29,33)/t18-/m1/s1. The Kier molecular flexibility index (Phi) is 9.17. The van der Waals surface area contributed by atoms with Crippen molar-refractivity contribution in [2.75, 3.05) is 23.7 Å². The molecule has 7 nitrogen and oxygen atoms in total. The Morgan fingerprint density at radius 3 is 2.14 bits per heavy atom. The molecular weight excluding hydrogens is 495 g/mol. The number of rotatable bonds is 9. The molecular formula is C25H32F3N3O4S. The third-order valence-corrected chi connectivity index (χ3v) is 6.43. The Labute approximate surface area is 210 Å².